The summed E-state index contributed by atoms with van der Waals surface area (Å²) in [5, 5.41) is 2.18. The molecule has 0 amide bonds. The van der Waals surface area contributed by atoms with E-state index in [4.69, 9.17) is 5.73 Å². The van der Waals surface area contributed by atoms with Crippen LogP contribution in [0, 0.1) is 6.92 Å². The van der Waals surface area contributed by atoms with Crippen LogP contribution in [0.5, 0.6) is 0 Å². The molecule has 2 aromatic rings. The molecule has 0 saturated heterocycles. The molecule has 1 heterocycles. The van der Waals surface area contributed by atoms with E-state index in [0.29, 0.717) is 0 Å². The molecule has 0 saturated carbocycles. The molecule has 2 rings (SSSR count). The lowest BCUT2D eigenvalue weighted by molar-refractivity contribution is 0.613. The van der Waals surface area contributed by atoms with Crippen molar-refractivity contribution in [1.82, 2.24) is 0 Å². The van der Waals surface area contributed by atoms with Gasteiger partial charge in [0, 0.05) is 10.9 Å². The van der Waals surface area contributed by atoms with Crippen molar-refractivity contribution in [2.24, 2.45) is 5.73 Å². The van der Waals surface area contributed by atoms with Crippen LogP contribution >= 0.6 is 11.3 Å². The van der Waals surface area contributed by atoms with Crippen LogP contribution in [-0.4, -0.2) is 0 Å². The number of thiophene rings is 1. The fourth-order valence-corrected chi connectivity index (χ4v) is 2.76. The van der Waals surface area contributed by atoms with Gasteiger partial charge in [0.2, 0.25) is 0 Å². The molecule has 17 heavy (non-hydrogen) atoms. The molecule has 0 bridgehead atoms. The maximum Gasteiger partial charge on any atom is 0.0303 e. The summed E-state index contributed by atoms with van der Waals surface area (Å²) >= 11 is 1.78. The Morgan fingerprint density at radius 2 is 2.00 bits per heavy atom. The van der Waals surface area contributed by atoms with E-state index in [1.807, 2.05) is 0 Å². The van der Waals surface area contributed by atoms with Gasteiger partial charge in [-0.1, -0.05) is 30.3 Å². The van der Waals surface area contributed by atoms with Gasteiger partial charge >= 0.3 is 0 Å². The van der Waals surface area contributed by atoms with Crippen LogP contribution in [0.15, 0.2) is 41.8 Å². The molecule has 0 radical (unpaired) electrons. The summed E-state index contributed by atoms with van der Waals surface area (Å²) in [5.41, 5.74) is 8.88. The van der Waals surface area contributed by atoms with Gasteiger partial charge in [-0.15, -0.1) is 11.3 Å². The smallest absolute Gasteiger partial charge is 0.0303 e. The second-order valence-electron chi connectivity index (χ2n) is 4.48. The van der Waals surface area contributed by atoms with Crippen LogP contribution in [-0.2, 0) is 6.42 Å². The van der Waals surface area contributed by atoms with Crippen molar-refractivity contribution in [3.05, 3.63) is 57.8 Å². The summed E-state index contributed by atoms with van der Waals surface area (Å²) in [6.07, 6.45) is 3.34. The van der Waals surface area contributed by atoms with Crippen molar-refractivity contribution in [3.63, 3.8) is 0 Å². The largest absolute Gasteiger partial charge is 0.324 e. The maximum atomic E-state index is 6.18. The van der Waals surface area contributed by atoms with Crippen molar-refractivity contribution in [2.45, 2.75) is 32.2 Å². The fourth-order valence-electron chi connectivity index (χ4n) is 2.00. The molecule has 1 aromatic heterocycles. The third-order valence-electron chi connectivity index (χ3n) is 3.00. The highest BCUT2D eigenvalue weighted by molar-refractivity contribution is 7.10. The first kappa shape index (κ1) is 12.3. The molecule has 1 nitrogen and oxygen atoms in total. The minimum Gasteiger partial charge on any atom is -0.324 e. The summed E-state index contributed by atoms with van der Waals surface area (Å²) in [7, 11) is 0. The van der Waals surface area contributed by atoms with Gasteiger partial charge in [0.15, 0.2) is 0 Å². The van der Waals surface area contributed by atoms with E-state index < -0.39 is 0 Å². The van der Waals surface area contributed by atoms with Crippen LogP contribution < -0.4 is 5.73 Å². The van der Waals surface area contributed by atoms with Crippen LogP contribution in [0.2, 0.25) is 0 Å². The molecule has 0 spiro atoms. The molecule has 1 unspecified atom stereocenters. The van der Waals surface area contributed by atoms with Crippen molar-refractivity contribution < 1.29 is 0 Å². The summed E-state index contributed by atoms with van der Waals surface area (Å²) in [5.74, 6) is 0. The van der Waals surface area contributed by atoms with Gasteiger partial charge < -0.3 is 5.73 Å². The minimum atomic E-state index is 0.198. The maximum absolute atomic E-state index is 6.18. The van der Waals surface area contributed by atoms with Crippen molar-refractivity contribution >= 4 is 11.3 Å². The average Bonchev–Trinajstić information content (AvgIpc) is 2.77. The summed E-state index contributed by atoms with van der Waals surface area (Å²) in [4.78, 5) is 1.35. The number of aryl methyl sites for hydroxylation is 2. The Morgan fingerprint density at radius 1 is 1.24 bits per heavy atom. The molecule has 0 aliphatic carbocycles. The standard InChI is InChI=1S/C15H19NS/c1-12-10-14(11-17-12)15(16)9-5-8-13-6-3-2-4-7-13/h2-4,6-7,10-11,15H,5,8-9,16H2,1H3. The average molecular weight is 245 g/mol. The van der Waals surface area contributed by atoms with Crippen LogP contribution in [0.25, 0.3) is 0 Å². The molecular weight excluding hydrogens is 226 g/mol. The fraction of sp³-hybridized carbons (Fsp3) is 0.333. The van der Waals surface area contributed by atoms with E-state index in [1.54, 1.807) is 11.3 Å². The first-order valence-electron chi connectivity index (χ1n) is 6.10. The van der Waals surface area contributed by atoms with Gasteiger partial charge in [0.05, 0.1) is 0 Å². The Labute approximate surface area is 107 Å². The molecule has 2 N–H and O–H groups in total. The second kappa shape index (κ2) is 5.99. The lowest BCUT2D eigenvalue weighted by Gasteiger charge is -2.09. The first-order valence-corrected chi connectivity index (χ1v) is 6.98. The molecule has 1 atom stereocenters. The second-order valence-corrected chi connectivity index (χ2v) is 5.59. The number of nitrogens with two attached hydrogens (primary N) is 1. The highest BCUT2D eigenvalue weighted by Crippen LogP contribution is 2.22. The normalized spacial score (nSPS) is 12.6. The van der Waals surface area contributed by atoms with E-state index in [0.717, 1.165) is 19.3 Å². The molecule has 0 aliphatic heterocycles. The third kappa shape index (κ3) is 3.69. The topological polar surface area (TPSA) is 26.0 Å². The van der Waals surface area contributed by atoms with Crippen LogP contribution in [0.1, 0.15) is 34.9 Å². The number of hydrogen-bond donors (Lipinski definition) is 1. The van der Waals surface area contributed by atoms with Crippen LogP contribution in [0.4, 0.5) is 0 Å². The van der Waals surface area contributed by atoms with E-state index in [9.17, 15) is 0 Å². The van der Waals surface area contributed by atoms with Gasteiger partial charge in [-0.05, 0) is 48.8 Å². The minimum absolute atomic E-state index is 0.198. The van der Waals surface area contributed by atoms with Gasteiger partial charge in [0.1, 0.15) is 0 Å². The zero-order chi connectivity index (χ0) is 12.1. The quantitative estimate of drug-likeness (QED) is 0.844. The third-order valence-corrected chi connectivity index (χ3v) is 3.88. The lowest BCUT2D eigenvalue weighted by atomic mass is 10.0. The summed E-state index contributed by atoms with van der Waals surface area (Å²) < 4.78 is 0. The Kier molecular flexibility index (Phi) is 4.35. The van der Waals surface area contributed by atoms with Gasteiger partial charge in [-0.25, -0.2) is 0 Å². The predicted octanol–water partition coefficient (Wildman–Crippen LogP) is 4.08. The number of rotatable bonds is 5. The molecule has 2 heteroatoms. The SMILES string of the molecule is Cc1cc(C(N)CCCc2ccccc2)cs1. The van der Waals surface area contributed by atoms with Gasteiger partial charge in [0.25, 0.3) is 0 Å². The molecule has 0 fully saturated rings. The molecule has 1 aromatic carbocycles. The zero-order valence-corrected chi connectivity index (χ0v) is 11.0. The van der Waals surface area contributed by atoms with Gasteiger partial charge in [-0.2, -0.15) is 0 Å². The highest BCUT2D eigenvalue weighted by atomic mass is 32.1. The van der Waals surface area contributed by atoms with E-state index in [-0.39, 0.29) is 6.04 Å². The monoisotopic (exact) mass is 245 g/mol. The van der Waals surface area contributed by atoms with E-state index >= 15 is 0 Å². The zero-order valence-electron chi connectivity index (χ0n) is 10.2. The Morgan fingerprint density at radius 3 is 2.65 bits per heavy atom. The highest BCUT2D eigenvalue weighted by Gasteiger charge is 2.07. The molecule has 0 aliphatic rings. The Balaban J connectivity index is 1.79. The summed E-state index contributed by atoms with van der Waals surface area (Å²) in [6, 6.07) is 13.0. The van der Waals surface area contributed by atoms with E-state index in [2.05, 4.69) is 48.7 Å². The predicted molar refractivity (Wildman–Crippen MR) is 75.4 cm³/mol. The van der Waals surface area contributed by atoms with Crippen molar-refractivity contribution in [3.8, 4) is 0 Å². The van der Waals surface area contributed by atoms with E-state index in [1.165, 1.54) is 16.0 Å². The first-order chi connectivity index (χ1) is 8.25. The van der Waals surface area contributed by atoms with Crippen molar-refractivity contribution in [1.29, 1.82) is 0 Å². The molecule has 90 valence electrons. The number of benzene rings is 1. The number of hydrogen-bond acceptors (Lipinski definition) is 2. The molecular formula is C15H19NS. The van der Waals surface area contributed by atoms with Gasteiger partial charge in [-0.3, -0.25) is 0 Å². The lowest BCUT2D eigenvalue weighted by Crippen LogP contribution is -2.09. The van der Waals surface area contributed by atoms with Crippen LogP contribution in [0.3, 0.4) is 0 Å². The van der Waals surface area contributed by atoms with Crippen molar-refractivity contribution in [2.75, 3.05) is 0 Å². The Hall–Kier alpha value is -1.12. The summed E-state index contributed by atoms with van der Waals surface area (Å²) in [6.45, 7) is 2.13. The Bertz CT molecular complexity index is 447.